The maximum Gasteiger partial charge on any atom is 0.319 e. The summed E-state index contributed by atoms with van der Waals surface area (Å²) in [6.45, 7) is 2.60. The van der Waals surface area contributed by atoms with E-state index in [-0.39, 0.29) is 6.03 Å². The van der Waals surface area contributed by atoms with Gasteiger partial charge < -0.3 is 16.0 Å². The molecule has 2 aromatic rings. The quantitative estimate of drug-likeness (QED) is 0.886. The number of anilines is 3. The van der Waals surface area contributed by atoms with Crippen molar-refractivity contribution in [3.63, 3.8) is 0 Å². The molecule has 2 amide bonds. The van der Waals surface area contributed by atoms with Crippen molar-refractivity contribution < 1.29 is 4.79 Å². The number of urea groups is 1. The second-order valence-corrected chi connectivity index (χ2v) is 6.91. The fraction of sp³-hybridized carbons (Fsp3) is 0.421. The second-order valence-electron chi connectivity index (χ2n) is 6.91. The van der Waals surface area contributed by atoms with Gasteiger partial charge in [-0.05, 0) is 43.4 Å². The molecule has 1 aromatic heterocycles. The van der Waals surface area contributed by atoms with Crippen LogP contribution in [-0.2, 0) is 6.42 Å². The number of nitrogens with two attached hydrogens (primary N) is 1. The molecule has 0 saturated carbocycles. The van der Waals surface area contributed by atoms with Crippen molar-refractivity contribution in [2.75, 3.05) is 34.8 Å². The lowest BCUT2D eigenvalue weighted by molar-refractivity contribution is 0.253. The Hall–Kier alpha value is -2.83. The number of benzene rings is 1. The summed E-state index contributed by atoms with van der Waals surface area (Å²) in [5.41, 5.74) is 8.73. The third-order valence-electron chi connectivity index (χ3n) is 5.21. The van der Waals surface area contributed by atoms with Crippen molar-refractivity contribution in [1.82, 2.24) is 9.97 Å². The van der Waals surface area contributed by atoms with Gasteiger partial charge in [-0.3, -0.25) is 9.88 Å². The highest BCUT2D eigenvalue weighted by molar-refractivity contribution is 5.92. The Bertz CT molecular complexity index is 773. The van der Waals surface area contributed by atoms with E-state index in [1.54, 1.807) is 17.3 Å². The highest BCUT2D eigenvalue weighted by Crippen LogP contribution is 2.31. The molecule has 26 heavy (non-hydrogen) atoms. The summed E-state index contributed by atoms with van der Waals surface area (Å²) in [5, 5.41) is 3.62. The highest BCUT2D eigenvalue weighted by Gasteiger charge is 2.23. The molecule has 0 aliphatic carbocycles. The molecule has 2 aliphatic heterocycles. The first kappa shape index (κ1) is 16.6. The Morgan fingerprint density at radius 1 is 1.19 bits per heavy atom. The number of fused-ring (bicyclic) bond motifs is 1. The molecular formula is C19H24N6O. The van der Waals surface area contributed by atoms with Crippen LogP contribution in [0.15, 0.2) is 36.8 Å². The molecule has 7 heteroatoms. The van der Waals surface area contributed by atoms with E-state index in [0.29, 0.717) is 12.6 Å². The van der Waals surface area contributed by atoms with E-state index in [4.69, 9.17) is 5.73 Å². The molecule has 2 aliphatic rings. The van der Waals surface area contributed by atoms with Crippen LogP contribution in [0.3, 0.4) is 0 Å². The molecule has 1 saturated heterocycles. The summed E-state index contributed by atoms with van der Waals surface area (Å²) in [6.07, 6.45) is 9.27. The number of carbonyl (C=O) groups excluding carboxylic acids is 1. The van der Waals surface area contributed by atoms with Crippen LogP contribution in [0.1, 0.15) is 24.8 Å². The van der Waals surface area contributed by atoms with Crippen LogP contribution in [0.4, 0.5) is 22.0 Å². The van der Waals surface area contributed by atoms with E-state index < -0.39 is 0 Å². The minimum Gasteiger partial charge on any atom is -0.382 e. The molecular weight excluding hydrogens is 328 g/mol. The number of carbonyl (C=O) groups is 1. The number of nitrogens with zero attached hydrogens (tertiary/aromatic N) is 4. The number of hydrogen-bond acceptors (Lipinski definition) is 5. The molecule has 0 bridgehead atoms. The fourth-order valence-electron chi connectivity index (χ4n) is 3.84. The van der Waals surface area contributed by atoms with Gasteiger partial charge in [0.15, 0.2) is 0 Å². The molecule has 3 heterocycles. The van der Waals surface area contributed by atoms with Crippen molar-refractivity contribution in [2.45, 2.75) is 31.7 Å². The maximum absolute atomic E-state index is 11.7. The summed E-state index contributed by atoms with van der Waals surface area (Å²) in [6, 6.07) is 6.32. The smallest absolute Gasteiger partial charge is 0.319 e. The summed E-state index contributed by atoms with van der Waals surface area (Å²) >= 11 is 0. The Labute approximate surface area is 153 Å². The Balaban J connectivity index is 1.41. The second kappa shape index (κ2) is 7.19. The first-order valence-electron chi connectivity index (χ1n) is 9.18. The van der Waals surface area contributed by atoms with Gasteiger partial charge in [0, 0.05) is 43.8 Å². The summed E-state index contributed by atoms with van der Waals surface area (Å²) < 4.78 is 0. The minimum absolute atomic E-state index is 0.375. The van der Waals surface area contributed by atoms with Crippen molar-refractivity contribution in [3.8, 4) is 0 Å². The van der Waals surface area contributed by atoms with Gasteiger partial charge in [0.05, 0.1) is 11.9 Å². The normalized spacial score (nSPS) is 17.7. The molecule has 1 aromatic carbocycles. The summed E-state index contributed by atoms with van der Waals surface area (Å²) in [7, 11) is 0. The first-order valence-corrected chi connectivity index (χ1v) is 9.18. The van der Waals surface area contributed by atoms with E-state index in [1.165, 1.54) is 5.56 Å². The molecule has 4 rings (SSSR count). The van der Waals surface area contributed by atoms with E-state index in [9.17, 15) is 4.79 Å². The largest absolute Gasteiger partial charge is 0.382 e. The standard InChI is InChI=1S/C19H24N6O/c20-19(26)25-9-1-2-14-3-4-16(12-17(14)25)23-15-5-10-24(11-6-15)18-13-21-7-8-22-18/h3-4,7-8,12-13,15,23H,1-2,5-6,9-11H2,(H2,20,26). The monoisotopic (exact) mass is 352 g/mol. The molecule has 0 unspecified atom stereocenters. The van der Waals surface area contributed by atoms with Gasteiger partial charge in [-0.1, -0.05) is 6.07 Å². The third-order valence-corrected chi connectivity index (χ3v) is 5.21. The number of nitrogens with one attached hydrogen (secondary N) is 1. The van der Waals surface area contributed by atoms with Crippen molar-refractivity contribution >= 4 is 23.2 Å². The molecule has 136 valence electrons. The van der Waals surface area contributed by atoms with Gasteiger partial charge in [-0.15, -0.1) is 0 Å². The van der Waals surface area contributed by atoms with Gasteiger partial charge in [0.2, 0.25) is 0 Å². The van der Waals surface area contributed by atoms with Gasteiger partial charge in [-0.25, -0.2) is 9.78 Å². The van der Waals surface area contributed by atoms with Crippen molar-refractivity contribution in [1.29, 1.82) is 0 Å². The van der Waals surface area contributed by atoms with Gasteiger partial charge >= 0.3 is 6.03 Å². The third kappa shape index (κ3) is 3.42. The zero-order valence-corrected chi connectivity index (χ0v) is 14.8. The Kier molecular flexibility index (Phi) is 4.60. The van der Waals surface area contributed by atoms with Crippen LogP contribution < -0.4 is 20.9 Å². The minimum atomic E-state index is -0.375. The predicted octanol–water partition coefficient (Wildman–Crippen LogP) is 2.39. The molecule has 1 fully saturated rings. The number of rotatable bonds is 3. The molecule has 0 radical (unpaired) electrons. The molecule has 0 atom stereocenters. The predicted molar refractivity (Wildman–Crippen MR) is 103 cm³/mol. The number of aromatic nitrogens is 2. The molecule has 0 spiro atoms. The number of amides is 2. The lowest BCUT2D eigenvalue weighted by Crippen LogP contribution is -2.40. The lowest BCUT2D eigenvalue weighted by atomic mass is 10.00. The highest BCUT2D eigenvalue weighted by atomic mass is 16.2. The number of hydrogen-bond donors (Lipinski definition) is 2. The Morgan fingerprint density at radius 2 is 2.04 bits per heavy atom. The number of primary amides is 1. The van der Waals surface area contributed by atoms with E-state index in [0.717, 1.165) is 56.0 Å². The zero-order chi connectivity index (χ0) is 17.9. The van der Waals surface area contributed by atoms with Gasteiger partial charge in [-0.2, -0.15) is 0 Å². The zero-order valence-electron chi connectivity index (χ0n) is 14.8. The van der Waals surface area contributed by atoms with Crippen molar-refractivity contribution in [3.05, 3.63) is 42.4 Å². The van der Waals surface area contributed by atoms with Gasteiger partial charge in [0.1, 0.15) is 5.82 Å². The summed E-state index contributed by atoms with van der Waals surface area (Å²) in [4.78, 5) is 24.2. The topological polar surface area (TPSA) is 87.4 Å². The van der Waals surface area contributed by atoms with Crippen LogP contribution in [0.5, 0.6) is 0 Å². The average molecular weight is 352 g/mol. The number of piperidine rings is 1. The Morgan fingerprint density at radius 3 is 2.77 bits per heavy atom. The SMILES string of the molecule is NC(=O)N1CCCc2ccc(NC3CCN(c4cnccn4)CC3)cc21. The molecule has 7 nitrogen and oxygen atoms in total. The van der Waals surface area contributed by atoms with Crippen LogP contribution in [0.25, 0.3) is 0 Å². The van der Waals surface area contributed by atoms with E-state index >= 15 is 0 Å². The average Bonchev–Trinajstić information content (AvgIpc) is 2.68. The van der Waals surface area contributed by atoms with Crippen LogP contribution >= 0.6 is 0 Å². The lowest BCUT2D eigenvalue weighted by Gasteiger charge is -2.34. The van der Waals surface area contributed by atoms with Gasteiger partial charge in [0.25, 0.3) is 0 Å². The van der Waals surface area contributed by atoms with Crippen LogP contribution in [0, 0.1) is 0 Å². The van der Waals surface area contributed by atoms with E-state index in [2.05, 4.69) is 38.4 Å². The summed E-state index contributed by atoms with van der Waals surface area (Å²) in [5.74, 6) is 0.942. The fourth-order valence-corrected chi connectivity index (χ4v) is 3.84. The van der Waals surface area contributed by atoms with Crippen LogP contribution in [0.2, 0.25) is 0 Å². The van der Waals surface area contributed by atoms with E-state index in [1.807, 2.05) is 6.20 Å². The number of aryl methyl sites for hydroxylation is 1. The van der Waals surface area contributed by atoms with Crippen molar-refractivity contribution in [2.24, 2.45) is 5.73 Å². The molecule has 3 N–H and O–H groups in total. The maximum atomic E-state index is 11.7. The first-order chi connectivity index (χ1) is 12.7. The van der Waals surface area contributed by atoms with Crippen LogP contribution in [-0.4, -0.2) is 41.7 Å².